The summed E-state index contributed by atoms with van der Waals surface area (Å²) in [7, 11) is 0. The quantitative estimate of drug-likeness (QED) is 0.847. The predicted molar refractivity (Wildman–Crippen MR) is 75.9 cm³/mol. The fourth-order valence-electron chi connectivity index (χ4n) is 1.86. The van der Waals surface area contributed by atoms with E-state index >= 15 is 0 Å². The fourth-order valence-corrected chi connectivity index (χ4v) is 2.02. The van der Waals surface area contributed by atoms with Gasteiger partial charge in [0.1, 0.15) is 17.2 Å². The van der Waals surface area contributed by atoms with Gasteiger partial charge in [-0.25, -0.2) is 4.39 Å². The van der Waals surface area contributed by atoms with Crippen molar-refractivity contribution in [3.8, 4) is 5.75 Å². The monoisotopic (exact) mass is 279 g/mol. The molecule has 0 amide bonds. The van der Waals surface area contributed by atoms with Crippen LogP contribution in [0, 0.1) is 5.82 Å². The Hall–Kier alpha value is -1.74. The highest BCUT2D eigenvalue weighted by Crippen LogP contribution is 2.30. The van der Waals surface area contributed by atoms with E-state index in [1.807, 2.05) is 0 Å². The molecule has 0 atom stereocenters. The van der Waals surface area contributed by atoms with Crippen molar-refractivity contribution in [2.24, 2.45) is 0 Å². The van der Waals surface area contributed by atoms with E-state index in [9.17, 15) is 4.39 Å². The third-order valence-electron chi connectivity index (χ3n) is 2.83. The molecule has 4 heteroatoms. The molecule has 0 aliphatic carbocycles. The lowest BCUT2D eigenvalue weighted by Crippen LogP contribution is -2.26. The molecule has 0 saturated heterocycles. The number of rotatable bonds is 3. The highest BCUT2D eigenvalue weighted by molar-refractivity contribution is 6.30. The number of anilines is 1. The molecular weight excluding hydrogens is 265 g/mol. The first kappa shape index (κ1) is 13.7. The van der Waals surface area contributed by atoms with Crippen molar-refractivity contribution in [3.63, 3.8) is 0 Å². The molecule has 19 heavy (non-hydrogen) atoms. The Morgan fingerprint density at radius 2 is 1.74 bits per heavy atom. The topological polar surface area (TPSA) is 35.2 Å². The van der Waals surface area contributed by atoms with Gasteiger partial charge in [0.25, 0.3) is 0 Å². The van der Waals surface area contributed by atoms with E-state index in [0.717, 1.165) is 0 Å². The lowest BCUT2D eigenvalue weighted by atomic mass is 9.97. The van der Waals surface area contributed by atoms with Gasteiger partial charge in [-0.1, -0.05) is 17.7 Å². The first-order chi connectivity index (χ1) is 8.88. The van der Waals surface area contributed by atoms with Gasteiger partial charge in [-0.05, 0) is 50.2 Å². The zero-order valence-electron chi connectivity index (χ0n) is 10.8. The molecule has 0 heterocycles. The van der Waals surface area contributed by atoms with Crippen molar-refractivity contribution in [1.29, 1.82) is 0 Å². The number of nitrogens with two attached hydrogens (primary N) is 1. The van der Waals surface area contributed by atoms with Gasteiger partial charge in [0, 0.05) is 16.3 Å². The zero-order valence-corrected chi connectivity index (χ0v) is 11.5. The van der Waals surface area contributed by atoms with Gasteiger partial charge in [0.2, 0.25) is 0 Å². The molecule has 100 valence electrons. The zero-order chi connectivity index (χ0) is 14.0. The van der Waals surface area contributed by atoms with Crippen molar-refractivity contribution in [1.82, 2.24) is 0 Å². The molecule has 0 saturated carbocycles. The van der Waals surface area contributed by atoms with E-state index in [2.05, 4.69) is 0 Å². The predicted octanol–water partition coefficient (Wildman–Crippen LogP) is 4.38. The summed E-state index contributed by atoms with van der Waals surface area (Å²) in [4.78, 5) is 0. The number of halogens is 2. The van der Waals surface area contributed by atoms with E-state index in [1.165, 1.54) is 6.07 Å². The summed E-state index contributed by atoms with van der Waals surface area (Å²) in [6.45, 7) is 3.60. The number of benzene rings is 2. The summed E-state index contributed by atoms with van der Waals surface area (Å²) in [5.74, 6) is 0.251. The summed E-state index contributed by atoms with van der Waals surface area (Å²) in [5, 5.41) is 0.365. The van der Waals surface area contributed by atoms with Gasteiger partial charge in [-0.3, -0.25) is 0 Å². The molecular formula is C15H15ClFNO. The van der Waals surface area contributed by atoms with Crippen LogP contribution in [0.25, 0.3) is 0 Å². The molecule has 0 aliphatic heterocycles. The maximum atomic E-state index is 13.9. The molecule has 0 aliphatic rings. The maximum Gasteiger partial charge on any atom is 0.131 e. The molecule has 2 rings (SSSR count). The van der Waals surface area contributed by atoms with Crippen LogP contribution in [0.5, 0.6) is 5.75 Å². The normalized spacial score (nSPS) is 11.4. The van der Waals surface area contributed by atoms with Gasteiger partial charge in [-0.2, -0.15) is 0 Å². The molecule has 2 aromatic carbocycles. The SMILES string of the molecule is CC(C)(Oc1ccc(N)cc1)c1ccc(Cl)cc1F. The number of hydrogen-bond donors (Lipinski definition) is 1. The summed E-state index contributed by atoms with van der Waals surface area (Å²) in [6.07, 6.45) is 0. The van der Waals surface area contributed by atoms with Crippen molar-refractivity contribution >= 4 is 17.3 Å². The van der Waals surface area contributed by atoms with Crippen LogP contribution in [0.15, 0.2) is 42.5 Å². The van der Waals surface area contributed by atoms with Crippen LogP contribution in [0.2, 0.25) is 5.02 Å². The summed E-state index contributed by atoms with van der Waals surface area (Å²) in [6, 6.07) is 11.6. The highest BCUT2D eigenvalue weighted by Gasteiger charge is 2.26. The van der Waals surface area contributed by atoms with Crippen LogP contribution in [-0.2, 0) is 5.60 Å². The second-order valence-electron chi connectivity index (χ2n) is 4.81. The number of ether oxygens (including phenoxy) is 1. The Morgan fingerprint density at radius 3 is 2.32 bits per heavy atom. The summed E-state index contributed by atoms with van der Waals surface area (Å²) in [5.41, 5.74) is 5.92. The highest BCUT2D eigenvalue weighted by atomic mass is 35.5. The summed E-state index contributed by atoms with van der Waals surface area (Å²) >= 11 is 5.75. The first-order valence-corrected chi connectivity index (χ1v) is 6.26. The molecule has 0 unspecified atom stereocenters. The van der Waals surface area contributed by atoms with Crippen LogP contribution in [0.3, 0.4) is 0 Å². The average molecular weight is 280 g/mol. The van der Waals surface area contributed by atoms with Gasteiger partial charge < -0.3 is 10.5 Å². The smallest absolute Gasteiger partial charge is 0.131 e. The Morgan fingerprint density at radius 1 is 1.11 bits per heavy atom. The van der Waals surface area contributed by atoms with Crippen LogP contribution in [0.4, 0.5) is 10.1 Å². The Labute approximate surface area is 117 Å². The Kier molecular flexibility index (Phi) is 3.67. The second kappa shape index (κ2) is 5.10. The molecule has 2 aromatic rings. The molecule has 0 radical (unpaired) electrons. The van der Waals surface area contributed by atoms with Crippen LogP contribution >= 0.6 is 11.6 Å². The first-order valence-electron chi connectivity index (χ1n) is 5.88. The fraction of sp³-hybridized carbons (Fsp3) is 0.200. The number of hydrogen-bond acceptors (Lipinski definition) is 2. The lowest BCUT2D eigenvalue weighted by molar-refractivity contribution is 0.104. The number of nitrogen functional groups attached to an aromatic ring is 1. The molecule has 0 bridgehead atoms. The van der Waals surface area contributed by atoms with Crippen LogP contribution in [0.1, 0.15) is 19.4 Å². The van der Waals surface area contributed by atoms with Crippen molar-refractivity contribution in [3.05, 3.63) is 58.9 Å². The molecule has 2 N–H and O–H groups in total. The Balaban J connectivity index is 2.29. The molecule has 0 spiro atoms. The molecule has 2 nitrogen and oxygen atoms in total. The second-order valence-corrected chi connectivity index (χ2v) is 5.24. The van der Waals surface area contributed by atoms with Crippen LogP contribution in [-0.4, -0.2) is 0 Å². The molecule has 0 aromatic heterocycles. The van der Waals surface area contributed by atoms with Crippen molar-refractivity contribution in [2.75, 3.05) is 5.73 Å². The van der Waals surface area contributed by atoms with Gasteiger partial charge >= 0.3 is 0 Å². The van der Waals surface area contributed by atoms with Crippen molar-refractivity contribution in [2.45, 2.75) is 19.4 Å². The lowest BCUT2D eigenvalue weighted by Gasteiger charge is -2.27. The van der Waals surface area contributed by atoms with Gasteiger partial charge in [0.15, 0.2) is 0 Å². The standard InChI is InChI=1S/C15H15ClFNO/c1-15(2,13-8-3-10(16)9-14(13)17)19-12-6-4-11(18)5-7-12/h3-9H,18H2,1-2H3. The van der Waals surface area contributed by atoms with E-state index in [4.69, 9.17) is 22.1 Å². The van der Waals surface area contributed by atoms with E-state index in [-0.39, 0.29) is 5.82 Å². The minimum atomic E-state index is -0.801. The minimum Gasteiger partial charge on any atom is -0.483 e. The molecule has 0 fully saturated rings. The minimum absolute atomic E-state index is 0.365. The largest absolute Gasteiger partial charge is 0.483 e. The van der Waals surface area contributed by atoms with Gasteiger partial charge in [-0.15, -0.1) is 0 Å². The average Bonchev–Trinajstić information content (AvgIpc) is 2.31. The van der Waals surface area contributed by atoms with E-state index in [1.54, 1.807) is 50.2 Å². The van der Waals surface area contributed by atoms with Crippen molar-refractivity contribution < 1.29 is 9.13 Å². The van der Waals surface area contributed by atoms with E-state index in [0.29, 0.717) is 22.0 Å². The third-order valence-corrected chi connectivity index (χ3v) is 3.07. The van der Waals surface area contributed by atoms with E-state index < -0.39 is 5.60 Å². The third kappa shape index (κ3) is 3.18. The summed E-state index contributed by atoms with van der Waals surface area (Å²) < 4.78 is 19.8. The Bertz CT molecular complexity index is 581. The van der Waals surface area contributed by atoms with Gasteiger partial charge in [0.05, 0.1) is 0 Å². The van der Waals surface area contributed by atoms with Crippen LogP contribution < -0.4 is 10.5 Å². The maximum absolute atomic E-state index is 13.9.